The fourth-order valence-electron chi connectivity index (χ4n) is 0.473. The first kappa shape index (κ1) is 7.44. The van der Waals surface area contributed by atoms with Gasteiger partial charge in [-0.2, -0.15) is 0 Å². The van der Waals surface area contributed by atoms with Crippen molar-refractivity contribution in [1.82, 2.24) is 4.98 Å². The Morgan fingerprint density at radius 1 is 1.50 bits per heavy atom. The van der Waals surface area contributed by atoms with Crippen molar-refractivity contribution in [1.29, 1.82) is 0 Å². The van der Waals surface area contributed by atoms with Crippen molar-refractivity contribution in [2.24, 2.45) is 0 Å². The standard InChI is InChI=1S/C5H3Cl2NO2/c6-2-1-8-5(10)4(9)3(2)7/h1,9H,(H,8,10). The van der Waals surface area contributed by atoms with Crippen LogP contribution in [0.15, 0.2) is 11.0 Å². The van der Waals surface area contributed by atoms with Gasteiger partial charge >= 0.3 is 0 Å². The van der Waals surface area contributed by atoms with Crippen LogP contribution in [-0.4, -0.2) is 10.1 Å². The Kier molecular flexibility index (Phi) is 1.87. The number of aromatic nitrogens is 1. The van der Waals surface area contributed by atoms with Crippen LogP contribution in [-0.2, 0) is 0 Å². The molecule has 0 aliphatic rings. The van der Waals surface area contributed by atoms with E-state index in [0.29, 0.717) is 0 Å². The summed E-state index contributed by atoms with van der Waals surface area (Å²) in [5.74, 6) is -0.547. The van der Waals surface area contributed by atoms with E-state index in [1.807, 2.05) is 0 Å². The maximum Gasteiger partial charge on any atom is 0.291 e. The quantitative estimate of drug-likeness (QED) is 0.633. The van der Waals surface area contributed by atoms with E-state index in [1.54, 1.807) is 0 Å². The summed E-state index contributed by atoms with van der Waals surface area (Å²) in [6.45, 7) is 0. The number of nitrogens with one attached hydrogen (secondary N) is 1. The van der Waals surface area contributed by atoms with Crippen molar-refractivity contribution in [2.45, 2.75) is 0 Å². The maximum atomic E-state index is 10.5. The van der Waals surface area contributed by atoms with Gasteiger partial charge in [-0.1, -0.05) is 23.2 Å². The highest BCUT2D eigenvalue weighted by Gasteiger charge is 2.05. The molecule has 1 heterocycles. The Balaban J connectivity index is 3.49. The van der Waals surface area contributed by atoms with Crippen LogP contribution in [0.3, 0.4) is 0 Å². The Labute approximate surface area is 66.2 Å². The molecular weight excluding hydrogens is 177 g/mol. The fourth-order valence-corrected chi connectivity index (χ4v) is 0.758. The highest BCUT2D eigenvalue weighted by atomic mass is 35.5. The van der Waals surface area contributed by atoms with Gasteiger partial charge in [-0.3, -0.25) is 4.79 Å². The number of aromatic amines is 1. The van der Waals surface area contributed by atoms with Crippen LogP contribution in [0, 0.1) is 0 Å². The summed E-state index contributed by atoms with van der Waals surface area (Å²) in [4.78, 5) is 12.7. The second kappa shape index (κ2) is 2.52. The highest BCUT2D eigenvalue weighted by molar-refractivity contribution is 6.42. The van der Waals surface area contributed by atoms with Gasteiger partial charge in [0, 0.05) is 6.20 Å². The maximum absolute atomic E-state index is 10.5. The molecule has 0 radical (unpaired) electrons. The van der Waals surface area contributed by atoms with E-state index >= 15 is 0 Å². The van der Waals surface area contributed by atoms with Gasteiger partial charge in [0.25, 0.3) is 5.56 Å². The molecule has 5 heteroatoms. The summed E-state index contributed by atoms with van der Waals surface area (Å²) in [6, 6.07) is 0. The molecule has 0 spiro atoms. The summed E-state index contributed by atoms with van der Waals surface area (Å²) >= 11 is 10.8. The molecule has 0 aliphatic carbocycles. The number of pyridine rings is 1. The Hall–Kier alpha value is -0.670. The molecule has 0 fully saturated rings. The summed E-state index contributed by atoms with van der Waals surface area (Å²) < 4.78 is 0. The zero-order valence-electron chi connectivity index (χ0n) is 4.69. The van der Waals surface area contributed by atoms with Crippen molar-refractivity contribution < 1.29 is 5.11 Å². The van der Waals surface area contributed by atoms with Gasteiger partial charge in [-0.25, -0.2) is 0 Å². The molecule has 0 bridgehead atoms. The van der Waals surface area contributed by atoms with E-state index in [4.69, 9.17) is 28.3 Å². The molecule has 0 unspecified atom stereocenters. The lowest BCUT2D eigenvalue weighted by Crippen LogP contribution is -2.03. The van der Waals surface area contributed by atoms with Gasteiger partial charge < -0.3 is 10.1 Å². The van der Waals surface area contributed by atoms with E-state index in [9.17, 15) is 4.79 Å². The molecule has 0 atom stereocenters. The minimum atomic E-state index is -0.644. The summed E-state index contributed by atoms with van der Waals surface area (Å²) in [5, 5.41) is 8.83. The van der Waals surface area contributed by atoms with E-state index in [1.165, 1.54) is 6.20 Å². The second-order valence-corrected chi connectivity index (χ2v) is 2.41. The van der Waals surface area contributed by atoms with Crippen LogP contribution < -0.4 is 5.56 Å². The topological polar surface area (TPSA) is 53.1 Å². The number of halogens is 2. The van der Waals surface area contributed by atoms with Crippen molar-refractivity contribution in [2.75, 3.05) is 0 Å². The predicted molar refractivity (Wildman–Crippen MR) is 38.7 cm³/mol. The average molecular weight is 180 g/mol. The van der Waals surface area contributed by atoms with E-state index in [2.05, 4.69) is 4.98 Å². The molecular formula is C5H3Cl2NO2. The van der Waals surface area contributed by atoms with Crippen LogP contribution >= 0.6 is 23.2 Å². The number of hydrogen-bond donors (Lipinski definition) is 2. The van der Waals surface area contributed by atoms with Gasteiger partial charge in [0.1, 0.15) is 5.02 Å². The Morgan fingerprint density at radius 3 is 2.60 bits per heavy atom. The van der Waals surface area contributed by atoms with Gasteiger partial charge in [0.15, 0.2) is 0 Å². The molecule has 0 aliphatic heterocycles. The molecule has 54 valence electrons. The predicted octanol–water partition coefficient (Wildman–Crippen LogP) is 1.39. The fraction of sp³-hybridized carbons (Fsp3) is 0. The Morgan fingerprint density at radius 2 is 2.10 bits per heavy atom. The van der Waals surface area contributed by atoms with E-state index in [-0.39, 0.29) is 10.0 Å². The molecule has 1 aromatic heterocycles. The highest BCUT2D eigenvalue weighted by Crippen LogP contribution is 2.25. The number of aromatic hydroxyl groups is 1. The van der Waals surface area contributed by atoms with Crippen molar-refractivity contribution in [3.63, 3.8) is 0 Å². The van der Waals surface area contributed by atoms with Gasteiger partial charge in [-0.05, 0) is 0 Å². The normalized spacial score (nSPS) is 9.80. The van der Waals surface area contributed by atoms with Gasteiger partial charge in [0.2, 0.25) is 5.75 Å². The smallest absolute Gasteiger partial charge is 0.291 e. The Bertz CT molecular complexity index is 307. The lowest BCUT2D eigenvalue weighted by molar-refractivity contribution is 0.467. The zero-order chi connectivity index (χ0) is 7.72. The summed E-state index contributed by atoms with van der Waals surface area (Å²) in [7, 11) is 0. The van der Waals surface area contributed by atoms with Gasteiger partial charge in [-0.15, -0.1) is 0 Å². The third-order valence-electron chi connectivity index (χ3n) is 0.963. The zero-order valence-corrected chi connectivity index (χ0v) is 6.20. The van der Waals surface area contributed by atoms with Crippen LogP contribution in [0.5, 0.6) is 5.75 Å². The molecule has 2 N–H and O–H groups in total. The third kappa shape index (κ3) is 1.10. The largest absolute Gasteiger partial charge is 0.502 e. The molecule has 1 rings (SSSR count). The lowest BCUT2D eigenvalue weighted by Gasteiger charge is -1.94. The van der Waals surface area contributed by atoms with Crippen molar-refractivity contribution >= 4 is 23.2 Å². The summed E-state index contributed by atoms with van der Waals surface area (Å²) in [6.07, 6.45) is 1.21. The number of H-pyrrole nitrogens is 1. The second-order valence-electron chi connectivity index (χ2n) is 1.63. The SMILES string of the molecule is O=c1[nH]cc(Cl)c(Cl)c1O. The van der Waals surface area contributed by atoms with Gasteiger partial charge in [0.05, 0.1) is 5.02 Å². The molecule has 10 heavy (non-hydrogen) atoms. The molecule has 0 amide bonds. The number of hydrogen-bond acceptors (Lipinski definition) is 2. The average Bonchev–Trinajstić information content (AvgIpc) is 1.93. The van der Waals surface area contributed by atoms with E-state index in [0.717, 1.165) is 0 Å². The van der Waals surface area contributed by atoms with Crippen molar-refractivity contribution in [3.8, 4) is 5.75 Å². The van der Waals surface area contributed by atoms with Crippen LogP contribution in [0.2, 0.25) is 10.0 Å². The monoisotopic (exact) mass is 179 g/mol. The number of rotatable bonds is 0. The van der Waals surface area contributed by atoms with E-state index < -0.39 is 11.3 Å². The molecule has 3 nitrogen and oxygen atoms in total. The molecule has 0 aromatic carbocycles. The first-order chi connectivity index (χ1) is 4.63. The third-order valence-corrected chi connectivity index (χ3v) is 1.74. The molecule has 0 saturated carbocycles. The first-order valence-electron chi connectivity index (χ1n) is 2.38. The lowest BCUT2D eigenvalue weighted by atomic mass is 10.4. The van der Waals surface area contributed by atoms with Crippen LogP contribution in [0.1, 0.15) is 0 Å². The summed E-state index contributed by atoms with van der Waals surface area (Å²) in [5.41, 5.74) is -0.644. The minimum absolute atomic E-state index is 0.120. The van der Waals surface area contributed by atoms with Crippen LogP contribution in [0.25, 0.3) is 0 Å². The van der Waals surface area contributed by atoms with Crippen LogP contribution in [0.4, 0.5) is 0 Å². The van der Waals surface area contributed by atoms with Crippen molar-refractivity contribution in [3.05, 3.63) is 26.6 Å². The molecule has 1 aromatic rings. The molecule has 0 saturated heterocycles. The first-order valence-corrected chi connectivity index (χ1v) is 3.14. The minimum Gasteiger partial charge on any atom is -0.502 e.